The first-order valence-electron chi connectivity index (χ1n) is 12.4. The highest BCUT2D eigenvalue weighted by molar-refractivity contribution is 5.38. The van der Waals surface area contributed by atoms with E-state index in [1.54, 1.807) is 0 Å². The number of alkyl halides is 38. The minimum Gasteiger partial charge on any atom is -0.198 e. The molecule has 2 aliphatic carbocycles. The molecule has 0 aromatic rings. The van der Waals surface area contributed by atoms with Gasteiger partial charge in [-0.25, -0.2) is 0 Å². The van der Waals surface area contributed by atoms with Crippen molar-refractivity contribution in [2.24, 2.45) is 10.8 Å². The summed E-state index contributed by atoms with van der Waals surface area (Å²) in [7, 11) is 0. The molecule has 0 amide bonds. The van der Waals surface area contributed by atoms with Crippen LogP contribution in [0, 0.1) is 10.8 Å². The number of hydrogen-bond donors (Lipinski definition) is 0. The zero-order valence-electron chi connectivity index (χ0n) is 24.4. The van der Waals surface area contributed by atoms with E-state index in [0.29, 0.717) is 0 Å². The van der Waals surface area contributed by atoms with Crippen molar-refractivity contribution in [2.75, 3.05) is 0 Å². The Kier molecular flexibility index (Phi) is 9.97. The molecular weight excluding hydrogens is 962 g/mol. The lowest BCUT2D eigenvalue weighted by Crippen LogP contribution is -2.91. The fraction of sp³-hybridized carbons (Fsp3) is 1.00. The van der Waals surface area contributed by atoms with Crippen LogP contribution in [0.15, 0.2) is 0 Å². The van der Waals surface area contributed by atoms with E-state index in [0.717, 1.165) is 0 Å². The first-order chi connectivity index (χ1) is 24.2. The van der Waals surface area contributed by atoms with Gasteiger partial charge in [-0.05, 0) is 0 Å². The summed E-state index contributed by atoms with van der Waals surface area (Å²) in [6, 6.07) is 0. The van der Waals surface area contributed by atoms with Gasteiger partial charge in [0.05, 0.1) is 0 Å². The molecule has 0 saturated heterocycles. The monoisotopic (exact) mass is 962 g/mol. The topological polar surface area (TPSA) is 0 Å². The van der Waals surface area contributed by atoms with Crippen LogP contribution in [-0.2, 0) is 0 Å². The molecule has 0 spiro atoms. The Morgan fingerprint density at radius 2 is 0.207 bits per heavy atom. The maximum atomic E-state index is 15.5. The molecule has 0 heterocycles. The molecule has 0 bridgehead atoms. The van der Waals surface area contributed by atoms with Crippen molar-refractivity contribution < 1.29 is 167 Å². The normalized spacial score (nSPS) is 33.4. The Morgan fingerprint density at radius 3 is 0.276 bits per heavy atom. The number of halogens is 38. The van der Waals surface area contributed by atoms with E-state index in [9.17, 15) is 132 Å². The summed E-state index contributed by atoms with van der Waals surface area (Å²) >= 11 is 0. The third-order valence-corrected chi connectivity index (χ3v) is 8.82. The van der Waals surface area contributed by atoms with E-state index in [2.05, 4.69) is 0 Å². The molecule has 2 saturated carbocycles. The van der Waals surface area contributed by atoms with Gasteiger partial charge in [-0.2, -0.15) is 167 Å². The molecule has 58 heavy (non-hydrogen) atoms. The Balaban J connectivity index is 4.22. The lowest BCUT2D eigenvalue weighted by Gasteiger charge is -2.62. The fourth-order valence-electron chi connectivity index (χ4n) is 5.78. The van der Waals surface area contributed by atoms with Crippen LogP contribution in [0.25, 0.3) is 0 Å². The summed E-state index contributed by atoms with van der Waals surface area (Å²) in [4.78, 5) is 0. The zero-order valence-corrected chi connectivity index (χ0v) is 24.4. The summed E-state index contributed by atoms with van der Waals surface area (Å²) < 4.78 is 554. The molecule has 0 aromatic heterocycles. The second kappa shape index (κ2) is 11.2. The van der Waals surface area contributed by atoms with Gasteiger partial charge in [0.25, 0.3) is 0 Å². The number of rotatable bonds is 1. The average molecular weight is 962 g/mol. The van der Waals surface area contributed by atoms with Gasteiger partial charge in [-0.3, -0.25) is 0 Å². The molecule has 2 aliphatic rings. The van der Waals surface area contributed by atoms with E-state index in [4.69, 9.17) is 0 Å². The van der Waals surface area contributed by atoms with Gasteiger partial charge in [0.15, 0.2) is 0 Å². The Bertz CT molecular complexity index is 1400. The maximum absolute atomic E-state index is 15.5. The first kappa shape index (κ1) is 51.5. The smallest absolute Gasteiger partial charge is 0.198 e. The second-order valence-electron chi connectivity index (χ2n) is 11.7. The molecule has 346 valence electrons. The predicted octanol–water partition coefficient (Wildman–Crippen LogP) is 12.3. The molecule has 0 N–H and O–H groups in total. The van der Waals surface area contributed by atoms with E-state index >= 15 is 35.1 Å². The fourth-order valence-corrected chi connectivity index (χ4v) is 5.78. The standard InChI is InChI=1S/C20F38/c21-3(22)1(19(53,54)55,4(23,24)8(31,32)12(39,40)16(47,48)15(45,46)11(37,38)7(3,29)30)2(20(56,57)58)5(25,26)9(33,34)13(41,42)17(49,50)18(51,52)14(43,44)10(35,36)6(2,27)28. The lowest BCUT2D eigenvalue weighted by molar-refractivity contribution is -0.574. The first-order valence-corrected chi connectivity index (χ1v) is 12.4. The molecule has 2 rings (SSSR count). The van der Waals surface area contributed by atoms with Crippen LogP contribution in [0.3, 0.4) is 0 Å². The van der Waals surface area contributed by atoms with E-state index in [-0.39, 0.29) is 0 Å². The van der Waals surface area contributed by atoms with Crippen molar-refractivity contribution in [3.63, 3.8) is 0 Å². The molecule has 0 nitrogen and oxygen atoms in total. The molecule has 0 unspecified atom stereocenters. The Labute approximate surface area is 286 Å². The molecule has 0 aromatic carbocycles. The minimum atomic E-state index is -12.9. The minimum absolute atomic E-state index is 10.2. The Morgan fingerprint density at radius 1 is 0.138 bits per heavy atom. The van der Waals surface area contributed by atoms with Crippen molar-refractivity contribution in [3.05, 3.63) is 0 Å². The molecule has 2 fully saturated rings. The van der Waals surface area contributed by atoms with Crippen molar-refractivity contribution in [3.8, 4) is 0 Å². The summed E-state index contributed by atoms with van der Waals surface area (Å²) in [6.07, 6.45) is -23.0. The van der Waals surface area contributed by atoms with Crippen LogP contribution in [0.2, 0.25) is 0 Å². The highest BCUT2D eigenvalue weighted by Crippen LogP contribution is 2.88. The number of hydrogen-bond acceptors (Lipinski definition) is 0. The highest BCUT2D eigenvalue weighted by Gasteiger charge is 3.17. The van der Waals surface area contributed by atoms with E-state index in [1.807, 2.05) is 0 Å². The average Bonchev–Trinajstić information content (AvgIpc) is 2.95. The van der Waals surface area contributed by atoms with Crippen LogP contribution in [0.1, 0.15) is 0 Å². The summed E-state index contributed by atoms with van der Waals surface area (Å²) in [5.41, 5.74) is -25.7. The van der Waals surface area contributed by atoms with Crippen LogP contribution >= 0.6 is 0 Å². The van der Waals surface area contributed by atoms with Crippen molar-refractivity contribution in [1.29, 1.82) is 0 Å². The summed E-state index contributed by atoms with van der Waals surface area (Å²) in [6.45, 7) is 0. The van der Waals surface area contributed by atoms with Gasteiger partial charge < -0.3 is 0 Å². The van der Waals surface area contributed by atoms with Crippen LogP contribution in [0.4, 0.5) is 167 Å². The van der Waals surface area contributed by atoms with Gasteiger partial charge in [-0.15, -0.1) is 0 Å². The molecule has 0 aliphatic heterocycles. The summed E-state index contributed by atoms with van der Waals surface area (Å²) in [5, 5.41) is 0. The highest BCUT2D eigenvalue weighted by atomic mass is 19.4. The molecule has 0 radical (unpaired) electrons. The third-order valence-electron chi connectivity index (χ3n) is 8.82. The second-order valence-corrected chi connectivity index (χ2v) is 11.7. The van der Waals surface area contributed by atoms with Crippen LogP contribution in [-0.4, -0.2) is 107 Å². The van der Waals surface area contributed by atoms with E-state index in [1.165, 1.54) is 0 Å². The maximum Gasteiger partial charge on any atom is 0.408 e. The van der Waals surface area contributed by atoms with Gasteiger partial charge in [0.2, 0.25) is 10.8 Å². The SMILES string of the molecule is FC(F)(F)C1(C2(C(F)(F)F)C(F)(F)C(F)(F)C(F)(F)C(F)(F)C(F)(F)C(F)(F)C(F)(F)C2(F)F)C(F)(F)C(F)(F)C(F)(F)C(F)(F)C(F)(F)C(F)(F)C(F)(F)C1(F)F. The summed E-state index contributed by atoms with van der Waals surface area (Å²) in [5.74, 6) is -177. The van der Waals surface area contributed by atoms with Crippen molar-refractivity contribution >= 4 is 0 Å². The molecule has 0 atom stereocenters. The quantitative estimate of drug-likeness (QED) is 0.230. The molecular formula is C20F38. The molecule has 38 heteroatoms. The van der Waals surface area contributed by atoms with Crippen LogP contribution < -0.4 is 0 Å². The van der Waals surface area contributed by atoms with E-state index < -0.39 is 118 Å². The van der Waals surface area contributed by atoms with Gasteiger partial charge in [0.1, 0.15) is 0 Å². The van der Waals surface area contributed by atoms with Crippen molar-refractivity contribution in [1.82, 2.24) is 0 Å². The van der Waals surface area contributed by atoms with Crippen LogP contribution in [0.5, 0.6) is 0 Å². The van der Waals surface area contributed by atoms with Crippen molar-refractivity contribution in [2.45, 2.75) is 107 Å². The van der Waals surface area contributed by atoms with Gasteiger partial charge >= 0.3 is 107 Å². The third kappa shape index (κ3) is 4.21. The predicted molar refractivity (Wildman–Crippen MR) is 96.1 cm³/mol. The largest absolute Gasteiger partial charge is 0.408 e. The zero-order chi connectivity index (χ0) is 48.0. The van der Waals surface area contributed by atoms with Gasteiger partial charge in [0, 0.05) is 0 Å². The van der Waals surface area contributed by atoms with Gasteiger partial charge in [-0.1, -0.05) is 0 Å². The Hall–Kier alpha value is -2.66. The lowest BCUT2D eigenvalue weighted by atomic mass is 9.46.